The minimum atomic E-state index is -4.64. The summed E-state index contributed by atoms with van der Waals surface area (Å²) in [6.07, 6.45) is 8.26. The monoisotopic (exact) mass is 494 g/mol. The van der Waals surface area contributed by atoms with Crippen molar-refractivity contribution in [2.45, 2.75) is 97.7 Å². The number of aliphatic hydroxyl groups is 2. The zero-order chi connectivity index (χ0) is 23.5. The number of fused-ring (bicyclic) bond motifs is 5. The Bertz CT molecular complexity index is 792. The molecule has 4 rings (SSSR count). The summed E-state index contributed by atoms with van der Waals surface area (Å²) in [6, 6.07) is 0. The summed E-state index contributed by atoms with van der Waals surface area (Å²) in [7, 11) is -4.64. The first-order valence-electron chi connectivity index (χ1n) is 12.9. The maximum atomic E-state index is 11.7. The van der Waals surface area contributed by atoms with E-state index >= 15 is 0 Å². The summed E-state index contributed by atoms with van der Waals surface area (Å²) < 4.78 is 37.0. The van der Waals surface area contributed by atoms with Gasteiger partial charge in [0.2, 0.25) is 10.4 Å². The van der Waals surface area contributed by atoms with Gasteiger partial charge in [-0.15, -0.1) is 0 Å². The molecule has 0 amide bonds. The van der Waals surface area contributed by atoms with Crippen molar-refractivity contribution in [2.24, 2.45) is 52.3 Å². The van der Waals surface area contributed by atoms with Crippen molar-refractivity contribution in [3.63, 3.8) is 0 Å². The van der Waals surface area contributed by atoms with Crippen molar-refractivity contribution in [3.8, 4) is 0 Å². The van der Waals surface area contributed by atoms with Crippen LogP contribution in [0, 0.1) is 52.3 Å². The molecule has 0 aliphatic heterocycles. The Kier molecular flexibility index (Phi) is 8.83. The summed E-state index contributed by atoms with van der Waals surface area (Å²) >= 11 is 0. The fourth-order valence-electron chi connectivity index (χ4n) is 9.47. The normalized spacial score (nSPS) is 48.2. The van der Waals surface area contributed by atoms with Gasteiger partial charge in [0.25, 0.3) is 0 Å². The molecule has 4 unspecified atom stereocenters. The molecule has 0 bridgehead atoms. The molecular weight excluding hydrogens is 451 g/mol. The molecule has 0 radical (unpaired) electrons. The first kappa shape index (κ1) is 28.4. The van der Waals surface area contributed by atoms with E-state index < -0.39 is 10.4 Å². The average molecular weight is 495 g/mol. The van der Waals surface area contributed by atoms with E-state index in [4.69, 9.17) is 0 Å². The van der Waals surface area contributed by atoms with Crippen LogP contribution >= 0.6 is 0 Å². The zero-order valence-electron chi connectivity index (χ0n) is 21.2. The van der Waals surface area contributed by atoms with Gasteiger partial charge in [0.15, 0.2) is 0 Å². The second-order valence-electron chi connectivity index (χ2n) is 12.1. The molecule has 2 N–H and O–H groups in total. The molecule has 4 aliphatic rings. The standard InChI is InChI=1S/C25H44O6S.Na/c1-5-17-21-14-16(26)8-11-25(21,4)20-9-12-24(3)18(6-7-19(24)22(20)23(17)27)15(2)10-13-31-32(28,29)30;/h15-23,26-27H,5-14H2,1-4H3,(H,28,29,30);/q;+1/p-1/t15?,16-,17-,18-,19?,20?,21+,22?,23-,24-,25-;/m1./s1. The van der Waals surface area contributed by atoms with Gasteiger partial charge in [-0.3, -0.25) is 4.18 Å². The van der Waals surface area contributed by atoms with Crippen molar-refractivity contribution in [2.75, 3.05) is 6.61 Å². The molecule has 6 nitrogen and oxygen atoms in total. The Morgan fingerprint density at radius 2 is 1.67 bits per heavy atom. The second-order valence-corrected chi connectivity index (χ2v) is 13.2. The van der Waals surface area contributed by atoms with Crippen molar-refractivity contribution in [1.82, 2.24) is 0 Å². The van der Waals surface area contributed by atoms with Gasteiger partial charge in [0.1, 0.15) is 0 Å². The number of aliphatic hydroxyl groups excluding tert-OH is 2. The van der Waals surface area contributed by atoms with E-state index in [0.717, 1.165) is 51.4 Å². The van der Waals surface area contributed by atoms with Crippen LogP contribution in [0.15, 0.2) is 0 Å². The second kappa shape index (κ2) is 10.3. The Morgan fingerprint density at radius 3 is 2.30 bits per heavy atom. The van der Waals surface area contributed by atoms with Crippen molar-refractivity contribution < 1.29 is 56.9 Å². The Labute approximate surface area is 222 Å². The molecule has 0 aromatic carbocycles. The van der Waals surface area contributed by atoms with E-state index in [1.165, 1.54) is 0 Å². The summed E-state index contributed by atoms with van der Waals surface area (Å²) in [6.45, 7) is 9.17. The van der Waals surface area contributed by atoms with Crippen LogP contribution < -0.4 is 29.6 Å². The third kappa shape index (κ3) is 5.01. The topological polar surface area (TPSA) is 107 Å². The molecule has 0 aromatic rings. The van der Waals surface area contributed by atoms with Gasteiger partial charge in [-0.25, -0.2) is 8.42 Å². The summed E-state index contributed by atoms with van der Waals surface area (Å²) in [4.78, 5) is 0. The zero-order valence-corrected chi connectivity index (χ0v) is 24.0. The molecule has 4 fully saturated rings. The van der Waals surface area contributed by atoms with Crippen LogP contribution in [0.4, 0.5) is 0 Å². The first-order valence-corrected chi connectivity index (χ1v) is 14.2. The first-order chi connectivity index (χ1) is 14.9. The van der Waals surface area contributed by atoms with Gasteiger partial charge in [-0.2, -0.15) is 0 Å². The summed E-state index contributed by atoms with van der Waals surface area (Å²) in [5.41, 5.74) is 0.332. The minimum Gasteiger partial charge on any atom is -0.726 e. The van der Waals surface area contributed by atoms with E-state index in [1.54, 1.807) is 0 Å². The predicted molar refractivity (Wildman–Crippen MR) is 121 cm³/mol. The van der Waals surface area contributed by atoms with E-state index in [9.17, 15) is 23.2 Å². The molecule has 0 spiro atoms. The summed E-state index contributed by atoms with van der Waals surface area (Å²) in [5.74, 6) is 2.69. The van der Waals surface area contributed by atoms with Gasteiger partial charge < -0.3 is 14.8 Å². The minimum absolute atomic E-state index is 0. The molecule has 0 heterocycles. The summed E-state index contributed by atoms with van der Waals surface area (Å²) in [5, 5.41) is 22.1. The number of rotatable bonds is 6. The van der Waals surface area contributed by atoms with Gasteiger partial charge in [-0.1, -0.05) is 34.1 Å². The fraction of sp³-hybridized carbons (Fsp3) is 1.00. The smallest absolute Gasteiger partial charge is 0.726 e. The maximum absolute atomic E-state index is 11.7. The van der Waals surface area contributed by atoms with E-state index in [0.29, 0.717) is 36.0 Å². The number of hydrogen-bond acceptors (Lipinski definition) is 6. The Balaban J connectivity index is 0.00000306. The largest absolute Gasteiger partial charge is 1.00 e. The average Bonchev–Trinajstić information content (AvgIpc) is 3.06. The molecule has 4 aliphatic carbocycles. The number of hydrogen-bond donors (Lipinski definition) is 2. The van der Waals surface area contributed by atoms with Crippen LogP contribution in [0.1, 0.15) is 85.5 Å². The molecule has 8 heteroatoms. The Hall–Kier alpha value is 0.790. The van der Waals surface area contributed by atoms with Crippen LogP contribution in [0.25, 0.3) is 0 Å². The molecule has 0 aromatic heterocycles. The molecule has 0 saturated heterocycles. The van der Waals surface area contributed by atoms with E-state index in [2.05, 4.69) is 31.9 Å². The van der Waals surface area contributed by atoms with Crippen LogP contribution in [0.3, 0.4) is 0 Å². The maximum Gasteiger partial charge on any atom is 1.00 e. The van der Waals surface area contributed by atoms with E-state index in [-0.39, 0.29) is 71.0 Å². The van der Waals surface area contributed by atoms with Gasteiger partial charge in [0, 0.05) is 0 Å². The van der Waals surface area contributed by atoms with Crippen molar-refractivity contribution in [3.05, 3.63) is 0 Å². The predicted octanol–water partition coefficient (Wildman–Crippen LogP) is 1.12. The third-order valence-electron chi connectivity index (χ3n) is 11.0. The quantitative estimate of drug-likeness (QED) is 0.326. The molecular formula is C25H43NaO6S. The van der Waals surface area contributed by atoms with E-state index in [1.807, 2.05) is 0 Å². The van der Waals surface area contributed by atoms with Crippen molar-refractivity contribution in [1.29, 1.82) is 0 Å². The Morgan fingerprint density at radius 1 is 1.03 bits per heavy atom. The van der Waals surface area contributed by atoms with Crippen LogP contribution in [0.2, 0.25) is 0 Å². The molecule has 33 heavy (non-hydrogen) atoms. The van der Waals surface area contributed by atoms with Gasteiger partial charge in [0.05, 0.1) is 18.8 Å². The van der Waals surface area contributed by atoms with Crippen LogP contribution in [0.5, 0.6) is 0 Å². The molecule has 186 valence electrons. The molecule has 11 atom stereocenters. The molecule has 4 saturated carbocycles. The van der Waals surface area contributed by atoms with Crippen LogP contribution in [-0.2, 0) is 14.6 Å². The fourth-order valence-corrected chi connectivity index (χ4v) is 9.77. The SMILES string of the molecule is CC[C@H]1[C@@H](O)C2C3CC[C@H](C(C)CCOS(=O)(=O)[O-])[C@@]3(C)CCC2[C@@]2(C)CC[C@@H](O)C[C@@H]12.[Na+]. The van der Waals surface area contributed by atoms with Crippen molar-refractivity contribution >= 4 is 10.4 Å². The van der Waals surface area contributed by atoms with Gasteiger partial charge >= 0.3 is 29.6 Å². The van der Waals surface area contributed by atoms with Gasteiger partial charge in [-0.05, 0) is 104 Å². The van der Waals surface area contributed by atoms with Crippen LogP contribution in [-0.4, -0.2) is 42.0 Å². The third-order valence-corrected chi connectivity index (χ3v) is 11.4.